The highest BCUT2D eigenvalue weighted by atomic mass is 31.2. The highest BCUT2D eigenvalue weighted by molar-refractivity contribution is 7.57. The maximum Gasteiger partial charge on any atom is 0.198 e. The Balaban J connectivity index is 1.31. The van der Waals surface area contributed by atoms with Gasteiger partial charge in [0.2, 0.25) is 0 Å². The lowest BCUT2D eigenvalue weighted by Gasteiger charge is -2.35. The molecule has 1 unspecified atom stereocenters. The number of nitrogens with zero attached hydrogens (tertiary/aromatic N) is 1. The van der Waals surface area contributed by atoms with Crippen molar-refractivity contribution >= 4 is 13.1 Å². The first kappa shape index (κ1) is 28.2. The van der Waals surface area contributed by atoms with Crippen molar-refractivity contribution in [2.45, 2.75) is 78.6 Å². The Morgan fingerprint density at radius 3 is 2.46 bits per heavy atom. The molecule has 0 spiro atoms. The van der Waals surface area contributed by atoms with Crippen molar-refractivity contribution in [3.63, 3.8) is 0 Å². The average Bonchev–Trinajstić information content (AvgIpc) is 3.67. The summed E-state index contributed by atoms with van der Waals surface area (Å²) in [6.07, 6.45) is 8.61. The van der Waals surface area contributed by atoms with Crippen molar-refractivity contribution in [1.29, 1.82) is 0 Å². The zero-order valence-corrected chi connectivity index (χ0v) is 24.6. The maximum absolute atomic E-state index is 12.1. The van der Waals surface area contributed by atoms with Crippen molar-refractivity contribution in [2.75, 3.05) is 37.4 Å². The van der Waals surface area contributed by atoms with Crippen LogP contribution in [-0.2, 0) is 11.0 Å². The molecule has 0 aromatic heterocycles. The van der Waals surface area contributed by atoms with E-state index in [1.165, 1.54) is 36.3 Å². The van der Waals surface area contributed by atoms with Gasteiger partial charge in [-0.2, -0.15) is 0 Å². The average molecular weight is 526 g/mol. The van der Waals surface area contributed by atoms with Crippen LogP contribution in [-0.4, -0.2) is 37.4 Å². The second kappa shape index (κ2) is 12.0. The largest absolute Gasteiger partial charge is 0.493 e. The van der Waals surface area contributed by atoms with E-state index < -0.39 is 7.37 Å². The van der Waals surface area contributed by atoms with Crippen LogP contribution in [0.15, 0.2) is 42.5 Å². The molecule has 2 aromatic rings. The zero-order chi connectivity index (χ0) is 26.6. The third kappa shape index (κ3) is 8.89. The predicted molar refractivity (Wildman–Crippen MR) is 157 cm³/mol. The highest BCUT2D eigenvalue weighted by Gasteiger charge is 2.35. The molecule has 4 nitrogen and oxygen atoms in total. The molecule has 204 valence electrons. The smallest absolute Gasteiger partial charge is 0.198 e. The molecule has 2 fully saturated rings. The second-order valence-electron chi connectivity index (χ2n) is 13.0. The lowest BCUT2D eigenvalue weighted by molar-refractivity contribution is 0.222. The Morgan fingerprint density at radius 2 is 1.81 bits per heavy atom. The summed E-state index contributed by atoms with van der Waals surface area (Å²) in [7, 11) is -3.05. The van der Waals surface area contributed by atoms with Gasteiger partial charge in [-0.3, -0.25) is 4.57 Å². The molecule has 2 atom stereocenters. The van der Waals surface area contributed by atoms with Crippen molar-refractivity contribution in [3.8, 4) is 5.75 Å². The summed E-state index contributed by atoms with van der Waals surface area (Å²) in [6, 6.07) is 15.3. The number of aryl methyl sites for hydroxylation is 2. The van der Waals surface area contributed by atoms with E-state index in [0.717, 1.165) is 63.1 Å². The molecule has 2 aliphatic rings. The second-order valence-corrected chi connectivity index (χ2v) is 15.5. The summed E-state index contributed by atoms with van der Waals surface area (Å²) in [5.41, 5.74) is 5.81. The van der Waals surface area contributed by atoms with Gasteiger partial charge >= 0.3 is 0 Å². The van der Waals surface area contributed by atoms with Gasteiger partial charge in [0, 0.05) is 31.6 Å². The molecule has 0 bridgehead atoms. The van der Waals surface area contributed by atoms with Crippen LogP contribution >= 0.6 is 7.37 Å². The third-order valence-electron chi connectivity index (χ3n) is 8.07. The Labute approximate surface area is 225 Å². The Hall–Kier alpha value is -1.77. The summed E-state index contributed by atoms with van der Waals surface area (Å²) in [5, 5.41) is 0. The monoisotopic (exact) mass is 525 g/mol. The van der Waals surface area contributed by atoms with Crippen LogP contribution in [0.3, 0.4) is 0 Å². The Kier molecular flexibility index (Phi) is 9.13. The normalized spacial score (nSPS) is 19.5. The van der Waals surface area contributed by atoms with Gasteiger partial charge in [-0.1, -0.05) is 45.0 Å². The van der Waals surface area contributed by atoms with Crippen LogP contribution < -0.4 is 9.64 Å². The molecule has 0 radical (unpaired) electrons. The fourth-order valence-electron chi connectivity index (χ4n) is 5.77. The molecule has 1 heterocycles. The lowest BCUT2D eigenvalue weighted by Crippen LogP contribution is -2.36. The number of hydrogen-bond donors (Lipinski definition) is 1. The van der Waals surface area contributed by atoms with Crippen LogP contribution in [0.4, 0.5) is 5.69 Å². The fourth-order valence-corrected chi connectivity index (χ4v) is 7.01. The van der Waals surface area contributed by atoms with E-state index in [2.05, 4.69) is 62.9 Å². The number of piperidine rings is 1. The molecule has 1 aliphatic carbocycles. The number of ether oxygens (including phenoxy) is 1. The quantitative estimate of drug-likeness (QED) is 0.302. The fraction of sp³-hybridized carbons (Fsp3) is 0.625. The zero-order valence-electron chi connectivity index (χ0n) is 23.7. The molecule has 5 heteroatoms. The lowest BCUT2D eigenvalue weighted by atomic mass is 9.88. The number of rotatable bonds is 11. The molecule has 2 aromatic carbocycles. The van der Waals surface area contributed by atoms with E-state index in [9.17, 15) is 9.46 Å². The van der Waals surface area contributed by atoms with E-state index in [1.807, 2.05) is 12.1 Å². The molecule has 4 rings (SSSR count). The van der Waals surface area contributed by atoms with Crippen LogP contribution in [0.5, 0.6) is 5.75 Å². The van der Waals surface area contributed by atoms with Gasteiger partial charge < -0.3 is 14.5 Å². The predicted octanol–water partition coefficient (Wildman–Crippen LogP) is 8.05. The van der Waals surface area contributed by atoms with E-state index in [-0.39, 0.29) is 5.92 Å². The molecule has 1 aliphatic heterocycles. The van der Waals surface area contributed by atoms with Crippen molar-refractivity contribution in [2.24, 2.45) is 17.3 Å². The van der Waals surface area contributed by atoms with Gasteiger partial charge in [0.05, 0.1) is 6.61 Å². The molecule has 1 saturated carbocycles. The number of anilines is 1. The standard InChI is InChI=1S/C32H48NO3P/c1-24-11-12-27(9-7-17-32(2,3)4)31(20-24)33-18-15-25(16-19-33)22-36-29-10-6-8-28(21-29)30(26-13-14-26)23-37(5,34)35/h6,8,10-12,20-21,25-26,30H,7,9,13-19,22-23H2,1-5H3,(H,34,35)/t30-/m0/s1. The van der Waals surface area contributed by atoms with Crippen LogP contribution in [0, 0.1) is 24.2 Å². The van der Waals surface area contributed by atoms with E-state index in [1.54, 1.807) is 0 Å². The van der Waals surface area contributed by atoms with Gasteiger partial charge in [0.25, 0.3) is 0 Å². The number of hydrogen-bond acceptors (Lipinski definition) is 3. The minimum absolute atomic E-state index is 0.166. The molecule has 37 heavy (non-hydrogen) atoms. The SMILES string of the molecule is Cc1ccc(CCCC(C)(C)C)c(N2CCC(COc3cccc([C@@H](CP(C)(=O)O)C4CC4)c3)CC2)c1. The van der Waals surface area contributed by atoms with Gasteiger partial charge in [-0.15, -0.1) is 0 Å². The van der Waals surface area contributed by atoms with Gasteiger partial charge in [0.1, 0.15) is 5.75 Å². The molecular weight excluding hydrogens is 477 g/mol. The summed E-state index contributed by atoms with van der Waals surface area (Å²) in [5.74, 6) is 2.16. The Bertz CT molecular complexity index is 1070. The summed E-state index contributed by atoms with van der Waals surface area (Å²) >= 11 is 0. The van der Waals surface area contributed by atoms with Crippen molar-refractivity contribution < 1.29 is 14.2 Å². The first-order valence-corrected chi connectivity index (χ1v) is 16.6. The van der Waals surface area contributed by atoms with Crippen LogP contribution in [0.2, 0.25) is 0 Å². The molecular formula is C32H48NO3P. The van der Waals surface area contributed by atoms with E-state index >= 15 is 0 Å². The van der Waals surface area contributed by atoms with Crippen LogP contribution in [0.1, 0.15) is 81.9 Å². The van der Waals surface area contributed by atoms with Gasteiger partial charge in [0.15, 0.2) is 7.37 Å². The maximum atomic E-state index is 12.1. The summed E-state index contributed by atoms with van der Waals surface area (Å²) in [6.45, 7) is 13.6. The van der Waals surface area contributed by atoms with E-state index in [4.69, 9.17) is 4.74 Å². The van der Waals surface area contributed by atoms with Gasteiger partial charge in [-0.05, 0) is 110 Å². The summed E-state index contributed by atoms with van der Waals surface area (Å²) in [4.78, 5) is 12.6. The highest BCUT2D eigenvalue weighted by Crippen LogP contribution is 2.50. The van der Waals surface area contributed by atoms with Gasteiger partial charge in [-0.25, -0.2) is 0 Å². The van der Waals surface area contributed by atoms with Crippen molar-refractivity contribution in [1.82, 2.24) is 0 Å². The molecule has 1 saturated heterocycles. The summed E-state index contributed by atoms with van der Waals surface area (Å²) < 4.78 is 18.4. The minimum atomic E-state index is -3.05. The van der Waals surface area contributed by atoms with Crippen LogP contribution in [0.25, 0.3) is 0 Å². The minimum Gasteiger partial charge on any atom is -0.493 e. The first-order chi connectivity index (χ1) is 17.5. The first-order valence-electron chi connectivity index (χ1n) is 14.3. The Morgan fingerprint density at radius 1 is 1.08 bits per heavy atom. The number of benzene rings is 2. The molecule has 1 N–H and O–H groups in total. The third-order valence-corrected chi connectivity index (χ3v) is 9.14. The topological polar surface area (TPSA) is 49.8 Å². The molecule has 0 amide bonds. The van der Waals surface area contributed by atoms with Crippen molar-refractivity contribution in [3.05, 3.63) is 59.2 Å². The van der Waals surface area contributed by atoms with E-state index in [0.29, 0.717) is 23.4 Å².